The molecule has 7 N–H and O–H groups in total. The Kier molecular flexibility index (Phi) is 14.3. The number of nitrogens with two attached hydrogens (primary N) is 1. The minimum atomic E-state index is -1.36. The molecule has 304 valence electrons. The van der Waals surface area contributed by atoms with Gasteiger partial charge in [0.25, 0.3) is 11.8 Å². The van der Waals surface area contributed by atoms with Crippen molar-refractivity contribution in [1.29, 1.82) is 5.26 Å². The number of hydrogen-bond acceptors (Lipinski definition) is 10. The quantitative estimate of drug-likeness (QED) is 0.0660. The van der Waals surface area contributed by atoms with Crippen LogP contribution in [-0.4, -0.2) is 98.2 Å². The average Bonchev–Trinajstić information content (AvgIpc) is 3.88. The Bertz CT molecular complexity index is 1980. The first-order chi connectivity index (χ1) is 27.3. The van der Waals surface area contributed by atoms with Crippen LogP contribution in [0.2, 0.25) is 0 Å². The van der Waals surface area contributed by atoms with Gasteiger partial charge in [-0.2, -0.15) is 5.26 Å². The van der Waals surface area contributed by atoms with Crippen molar-refractivity contribution < 1.29 is 33.9 Å². The minimum Gasteiger partial charge on any atom is -0.384 e. The van der Waals surface area contributed by atoms with Crippen LogP contribution in [0.1, 0.15) is 100 Å². The van der Waals surface area contributed by atoms with Crippen molar-refractivity contribution in [2.75, 3.05) is 19.6 Å². The number of aliphatic hydroxyl groups is 1. The molecule has 17 nitrogen and oxygen atoms in total. The third-order valence-corrected chi connectivity index (χ3v) is 10.7. The van der Waals surface area contributed by atoms with E-state index in [-0.39, 0.29) is 38.4 Å². The molecule has 17 heteroatoms. The van der Waals surface area contributed by atoms with Gasteiger partial charge in [-0.05, 0) is 68.4 Å². The van der Waals surface area contributed by atoms with E-state index in [2.05, 4.69) is 31.6 Å². The number of nitrogens with zero attached hydrogens (tertiary/aromatic N) is 5. The van der Waals surface area contributed by atoms with E-state index in [1.807, 2.05) is 30.3 Å². The second-order valence-corrected chi connectivity index (χ2v) is 15.4. The molecule has 1 aromatic heterocycles. The van der Waals surface area contributed by atoms with Gasteiger partial charge in [-0.1, -0.05) is 67.6 Å². The standard InChI is InChI=1S/C40H52N10O7/c1-40(2,57)33-23-45-48-50(33)29-22-32(37(54)46-30(34(51)35(42)52)14-8-9-18-43-39(56)44-19-17-41)49(24-29)38(55)31(20-25-10-4-3-5-11-25)47-36(53)28-16-15-26-12-6-7-13-27(26)21-28/h6-7,12-13,15-16,21,23,25,29-32,57H,3-5,8-11,14,18-20,22,24H2,1-2H3,(H2,42,52)(H,46,54)(H,47,53)(H2,43,44,56)/t29-,30?,31?,32-/m0/s1. The summed E-state index contributed by atoms with van der Waals surface area (Å²) in [5.74, 6) is -3.72. The number of Topliss-reactive ketones (excluding diaryl/α,β-unsaturated/α-hetero) is 1. The molecule has 1 saturated heterocycles. The molecule has 1 aliphatic heterocycles. The van der Waals surface area contributed by atoms with Gasteiger partial charge in [-0.25, -0.2) is 9.48 Å². The number of amides is 6. The zero-order valence-electron chi connectivity index (χ0n) is 32.4. The Morgan fingerprint density at radius 1 is 0.982 bits per heavy atom. The van der Waals surface area contributed by atoms with Crippen LogP contribution >= 0.6 is 0 Å². The topological polar surface area (TPSA) is 255 Å². The predicted molar refractivity (Wildman–Crippen MR) is 208 cm³/mol. The fraction of sp³-hybridized carbons (Fsp3) is 0.525. The van der Waals surface area contributed by atoms with Crippen LogP contribution in [-0.2, 0) is 24.8 Å². The first kappa shape index (κ1) is 42.3. The summed E-state index contributed by atoms with van der Waals surface area (Å²) in [6.07, 6.45) is 7.39. The highest BCUT2D eigenvalue weighted by Crippen LogP contribution is 2.33. The molecular weight excluding hydrogens is 733 g/mol. The van der Waals surface area contributed by atoms with Gasteiger partial charge in [-0.15, -0.1) is 5.10 Å². The summed E-state index contributed by atoms with van der Waals surface area (Å²) in [5.41, 5.74) is 4.76. The minimum absolute atomic E-state index is 0.0111. The van der Waals surface area contributed by atoms with E-state index in [9.17, 15) is 33.9 Å². The summed E-state index contributed by atoms with van der Waals surface area (Å²) in [4.78, 5) is 81.2. The van der Waals surface area contributed by atoms with Crippen molar-refractivity contribution >= 4 is 46.2 Å². The van der Waals surface area contributed by atoms with Crippen LogP contribution in [0, 0.1) is 17.2 Å². The maximum absolute atomic E-state index is 14.8. The molecule has 57 heavy (non-hydrogen) atoms. The molecular formula is C40H52N10O7. The SMILES string of the molecule is CC(C)(O)c1cnnn1[C@H]1C[C@@H](C(=O)NC(CCCCNC(=O)NCC#N)C(=O)C(N)=O)N(C(=O)C(CC2CCCCC2)NC(=O)c2ccc3ccccc3c2)C1. The maximum Gasteiger partial charge on any atom is 0.315 e. The second kappa shape index (κ2) is 19.3. The number of nitriles is 1. The van der Waals surface area contributed by atoms with Crippen molar-refractivity contribution in [2.45, 2.75) is 108 Å². The molecule has 2 heterocycles. The van der Waals surface area contributed by atoms with Crippen LogP contribution in [0.15, 0.2) is 48.7 Å². The van der Waals surface area contributed by atoms with Gasteiger partial charge in [0, 0.05) is 25.1 Å². The Hall–Kier alpha value is -5.89. The molecule has 5 rings (SSSR count). The number of primary amides is 1. The van der Waals surface area contributed by atoms with E-state index in [0.717, 1.165) is 42.9 Å². The molecule has 6 amide bonds. The van der Waals surface area contributed by atoms with Crippen molar-refractivity contribution in [1.82, 2.24) is 41.2 Å². The number of carbonyl (C=O) groups excluding carboxylic acids is 6. The summed E-state index contributed by atoms with van der Waals surface area (Å²) in [5, 5.41) is 40.2. The molecule has 1 aliphatic carbocycles. The summed E-state index contributed by atoms with van der Waals surface area (Å²) in [6, 6.07) is 10.1. The summed E-state index contributed by atoms with van der Waals surface area (Å²) >= 11 is 0. The number of benzene rings is 2. The smallest absolute Gasteiger partial charge is 0.315 e. The molecule has 0 spiro atoms. The number of carbonyl (C=O) groups is 6. The van der Waals surface area contributed by atoms with Crippen LogP contribution in [0.5, 0.6) is 0 Å². The van der Waals surface area contributed by atoms with Crippen LogP contribution in [0.4, 0.5) is 4.79 Å². The zero-order valence-corrected chi connectivity index (χ0v) is 32.4. The first-order valence-corrected chi connectivity index (χ1v) is 19.5. The highest BCUT2D eigenvalue weighted by molar-refractivity contribution is 6.37. The average molecular weight is 785 g/mol. The Labute approximate surface area is 331 Å². The molecule has 2 aromatic carbocycles. The van der Waals surface area contributed by atoms with E-state index < -0.39 is 65.2 Å². The lowest BCUT2D eigenvalue weighted by Gasteiger charge is -2.32. The number of rotatable bonds is 17. The molecule has 0 radical (unpaired) electrons. The van der Waals surface area contributed by atoms with Gasteiger partial charge in [0.2, 0.25) is 17.6 Å². The van der Waals surface area contributed by atoms with Crippen molar-refractivity contribution in [3.05, 3.63) is 59.9 Å². The van der Waals surface area contributed by atoms with E-state index in [1.165, 1.54) is 15.8 Å². The zero-order chi connectivity index (χ0) is 41.1. The van der Waals surface area contributed by atoms with Gasteiger partial charge in [0.1, 0.15) is 24.2 Å². The van der Waals surface area contributed by atoms with E-state index in [0.29, 0.717) is 30.5 Å². The van der Waals surface area contributed by atoms with Crippen LogP contribution in [0.25, 0.3) is 10.8 Å². The highest BCUT2D eigenvalue weighted by Gasteiger charge is 2.45. The van der Waals surface area contributed by atoms with Gasteiger partial charge >= 0.3 is 6.03 Å². The Morgan fingerprint density at radius 3 is 2.42 bits per heavy atom. The Morgan fingerprint density at radius 2 is 1.72 bits per heavy atom. The lowest BCUT2D eigenvalue weighted by molar-refractivity contribution is -0.142. The van der Waals surface area contributed by atoms with Gasteiger partial charge in [0.15, 0.2) is 0 Å². The van der Waals surface area contributed by atoms with Crippen molar-refractivity contribution in [3.8, 4) is 6.07 Å². The maximum atomic E-state index is 14.8. The van der Waals surface area contributed by atoms with Gasteiger partial charge < -0.3 is 37.0 Å². The van der Waals surface area contributed by atoms with E-state index in [1.54, 1.807) is 32.0 Å². The fourth-order valence-electron chi connectivity index (χ4n) is 7.75. The van der Waals surface area contributed by atoms with Crippen molar-refractivity contribution in [3.63, 3.8) is 0 Å². The molecule has 2 unspecified atom stereocenters. The van der Waals surface area contributed by atoms with Crippen LogP contribution in [0.3, 0.4) is 0 Å². The lowest BCUT2D eigenvalue weighted by Crippen LogP contribution is -2.56. The van der Waals surface area contributed by atoms with Crippen LogP contribution < -0.4 is 27.0 Å². The van der Waals surface area contributed by atoms with Gasteiger partial charge in [0.05, 0.1) is 30.0 Å². The predicted octanol–water partition coefficient (Wildman–Crippen LogP) is 2.10. The Balaban J connectivity index is 1.40. The largest absolute Gasteiger partial charge is 0.384 e. The molecule has 1 saturated carbocycles. The number of hydrogen-bond donors (Lipinski definition) is 6. The van der Waals surface area contributed by atoms with E-state index in [4.69, 9.17) is 11.0 Å². The summed E-state index contributed by atoms with van der Waals surface area (Å²) < 4.78 is 1.49. The number of ketones is 1. The number of fused-ring (bicyclic) bond motifs is 1. The third kappa shape index (κ3) is 11.1. The molecule has 4 atom stereocenters. The normalized spacial score (nSPS) is 18.2. The summed E-state index contributed by atoms with van der Waals surface area (Å²) in [6.45, 7) is 3.15. The number of nitrogens with one attached hydrogen (secondary N) is 4. The molecule has 2 fully saturated rings. The highest BCUT2D eigenvalue weighted by atomic mass is 16.3. The first-order valence-electron chi connectivity index (χ1n) is 19.5. The number of likely N-dealkylation sites (tertiary alicyclic amines) is 1. The summed E-state index contributed by atoms with van der Waals surface area (Å²) in [7, 11) is 0. The van der Waals surface area contributed by atoms with E-state index >= 15 is 0 Å². The van der Waals surface area contributed by atoms with Gasteiger partial charge in [-0.3, -0.25) is 24.0 Å². The number of aromatic nitrogens is 3. The molecule has 3 aromatic rings. The third-order valence-electron chi connectivity index (χ3n) is 10.7. The molecule has 0 bridgehead atoms. The number of unbranched alkanes of at least 4 members (excludes halogenated alkanes) is 1. The lowest BCUT2D eigenvalue weighted by atomic mass is 9.84. The molecule has 2 aliphatic rings. The van der Waals surface area contributed by atoms with Crippen molar-refractivity contribution in [2.24, 2.45) is 11.7 Å². The second-order valence-electron chi connectivity index (χ2n) is 15.4. The number of urea groups is 1. The monoisotopic (exact) mass is 784 g/mol. The fourth-order valence-corrected chi connectivity index (χ4v) is 7.75.